The van der Waals surface area contributed by atoms with Gasteiger partial charge in [-0.2, -0.15) is 10.5 Å². The van der Waals surface area contributed by atoms with E-state index in [2.05, 4.69) is 24.3 Å². The van der Waals surface area contributed by atoms with Crippen molar-refractivity contribution in [1.82, 2.24) is 0 Å². The van der Waals surface area contributed by atoms with Crippen LogP contribution in [-0.2, 0) is 0 Å². The Kier molecular flexibility index (Phi) is 6.04. The Morgan fingerprint density at radius 3 is 1.81 bits per heavy atom. The van der Waals surface area contributed by atoms with Gasteiger partial charge in [-0.3, -0.25) is 0 Å². The summed E-state index contributed by atoms with van der Waals surface area (Å²) in [6, 6.07) is 34.2. The van der Waals surface area contributed by atoms with Crippen LogP contribution in [0.5, 0.6) is 0 Å². The fourth-order valence-electron chi connectivity index (χ4n) is 4.83. The number of rotatable bonds is 6. The molecule has 3 atom stereocenters. The monoisotopic (exact) mass is 418 g/mol. The van der Waals surface area contributed by atoms with Gasteiger partial charge in [0.05, 0.1) is 13.5 Å². The molecule has 0 fully saturated rings. The van der Waals surface area contributed by atoms with Gasteiger partial charge in [-0.1, -0.05) is 97.9 Å². The molecule has 2 nitrogen and oxygen atoms in total. The summed E-state index contributed by atoms with van der Waals surface area (Å²) in [4.78, 5) is 0. The van der Waals surface area contributed by atoms with Gasteiger partial charge in [0.1, 0.15) is 5.89 Å². The molecule has 0 bridgehead atoms. The number of benzene rings is 3. The number of nitrogens with zero attached hydrogens (tertiary/aromatic N) is 2. The maximum Gasteiger partial charge on any atom is 0.140 e. The molecule has 1 aliphatic carbocycles. The molecule has 3 aromatic rings. The molecule has 0 spiro atoms. The van der Waals surface area contributed by atoms with Crippen molar-refractivity contribution in [1.29, 1.82) is 10.5 Å². The lowest BCUT2D eigenvalue weighted by Crippen LogP contribution is -2.23. The first-order chi connectivity index (χ1) is 16.6. The van der Waals surface area contributed by atoms with E-state index < -0.39 is 11.8 Å². The molecule has 0 aromatic heterocycles. The Hall–Kier alpha value is -3.62. The van der Waals surface area contributed by atoms with Crippen LogP contribution in [0.4, 0.5) is 0 Å². The van der Waals surface area contributed by atoms with Crippen molar-refractivity contribution in [2.75, 3.05) is 0 Å². The average molecular weight is 419 g/mol. The lowest BCUT2D eigenvalue weighted by molar-refractivity contribution is 0.305. The van der Waals surface area contributed by atoms with Crippen LogP contribution in [0.3, 0.4) is 0 Å². The van der Waals surface area contributed by atoms with Crippen molar-refractivity contribution in [2.24, 2.45) is 17.7 Å². The fraction of sp³-hybridized carbons (Fsp3) is 0.267. The molecule has 1 unspecified atom stereocenters. The number of hydrogen-bond donors (Lipinski definition) is 0. The summed E-state index contributed by atoms with van der Waals surface area (Å²) in [7, 11) is 0. The first-order valence-electron chi connectivity index (χ1n) is 12.3. The largest absolute Gasteiger partial charge is 0.197 e. The van der Waals surface area contributed by atoms with E-state index in [9.17, 15) is 10.5 Å². The first-order valence-corrected chi connectivity index (χ1v) is 11.1. The van der Waals surface area contributed by atoms with Gasteiger partial charge in [-0.25, -0.2) is 0 Å². The van der Waals surface area contributed by atoms with Crippen molar-refractivity contribution < 1.29 is 2.74 Å². The molecule has 0 aliphatic heterocycles. The minimum absolute atomic E-state index is 0.0931. The summed E-state index contributed by atoms with van der Waals surface area (Å²) in [6.07, 6.45) is 2.05. The maximum atomic E-state index is 9.78. The summed E-state index contributed by atoms with van der Waals surface area (Å²) >= 11 is 0. The van der Waals surface area contributed by atoms with Crippen LogP contribution in [0.2, 0.25) is 0 Å². The molecule has 158 valence electrons. The van der Waals surface area contributed by atoms with Gasteiger partial charge in [0.2, 0.25) is 0 Å². The van der Waals surface area contributed by atoms with Crippen LogP contribution < -0.4 is 0 Å². The van der Waals surface area contributed by atoms with Crippen LogP contribution in [0.25, 0.3) is 11.1 Å². The zero-order valence-corrected chi connectivity index (χ0v) is 18.1. The first kappa shape index (κ1) is 19.1. The van der Waals surface area contributed by atoms with Gasteiger partial charge in [0, 0.05) is 7.29 Å². The summed E-state index contributed by atoms with van der Waals surface area (Å²) in [6.45, 7) is 0.273. The molecule has 3 aromatic carbocycles. The summed E-state index contributed by atoms with van der Waals surface area (Å²) in [5.41, 5.74) is 5.72. The third kappa shape index (κ3) is 4.66. The van der Waals surface area contributed by atoms with E-state index in [4.69, 9.17) is 2.74 Å². The highest BCUT2D eigenvalue weighted by atomic mass is 14.4. The van der Waals surface area contributed by atoms with E-state index in [1.807, 2.05) is 78.9 Å². The fourth-order valence-corrected chi connectivity index (χ4v) is 4.83. The standard InChI is InChI=1S/C30H28N2/c1-22-17-29(24-13-7-3-8-14-24)30(25-15-9-4-10-16-25)19-26(22)18-28(27(20-31)21-32)23-11-5-2-6-12-23/h2-16,22,26-28H,17-19H2,1H3/t22-,26+,28?/m1/s1/i1D,27D. The van der Waals surface area contributed by atoms with Gasteiger partial charge in [-0.15, -0.1) is 0 Å². The zero-order chi connectivity index (χ0) is 24.0. The van der Waals surface area contributed by atoms with Gasteiger partial charge in [0.25, 0.3) is 0 Å². The van der Waals surface area contributed by atoms with Crippen LogP contribution in [-0.4, -0.2) is 0 Å². The number of hydrogen-bond acceptors (Lipinski definition) is 2. The van der Waals surface area contributed by atoms with Crippen molar-refractivity contribution >= 4 is 11.1 Å². The quantitative estimate of drug-likeness (QED) is 0.416. The Morgan fingerprint density at radius 1 is 0.812 bits per heavy atom. The molecule has 0 radical (unpaired) electrons. The maximum absolute atomic E-state index is 9.78. The van der Waals surface area contributed by atoms with Gasteiger partial charge >= 0.3 is 0 Å². The smallest absolute Gasteiger partial charge is 0.140 e. The molecule has 0 heterocycles. The Bertz CT molecular complexity index is 1190. The lowest BCUT2D eigenvalue weighted by atomic mass is 9.68. The average Bonchev–Trinajstić information content (AvgIpc) is 2.92. The second-order valence-corrected chi connectivity index (χ2v) is 8.45. The third-order valence-electron chi connectivity index (χ3n) is 6.54. The molecular formula is C30H28N2. The van der Waals surface area contributed by atoms with E-state index in [1.165, 1.54) is 22.3 Å². The van der Waals surface area contributed by atoms with E-state index in [1.54, 1.807) is 0 Å². The topological polar surface area (TPSA) is 47.6 Å². The molecule has 2 heteroatoms. The highest BCUT2D eigenvalue weighted by Crippen LogP contribution is 2.47. The van der Waals surface area contributed by atoms with Gasteiger partial charge < -0.3 is 0 Å². The SMILES string of the molecule is [2H]C[C@@H]1CC(c2ccccc2)=C(c2ccccc2)C[C@@H]1CC(c1ccccc1)C([2H])(C#N)C#N. The summed E-state index contributed by atoms with van der Waals surface area (Å²) < 4.78 is 17.0. The van der Waals surface area contributed by atoms with Crippen molar-refractivity contribution in [3.05, 3.63) is 108 Å². The molecule has 4 rings (SSSR count). The van der Waals surface area contributed by atoms with Crippen molar-refractivity contribution in [3.8, 4) is 12.1 Å². The molecule has 1 aliphatic rings. The van der Waals surface area contributed by atoms with Gasteiger partial charge in [0.15, 0.2) is 0 Å². The second kappa shape index (κ2) is 10.1. The third-order valence-corrected chi connectivity index (χ3v) is 6.54. The lowest BCUT2D eigenvalue weighted by Gasteiger charge is -2.36. The predicted molar refractivity (Wildman–Crippen MR) is 130 cm³/mol. The molecule has 0 saturated carbocycles. The predicted octanol–water partition coefficient (Wildman–Crippen LogP) is 7.48. The minimum atomic E-state index is -1.87. The zero-order valence-electron chi connectivity index (χ0n) is 20.1. The van der Waals surface area contributed by atoms with Crippen molar-refractivity contribution in [2.45, 2.75) is 32.1 Å². The van der Waals surface area contributed by atoms with E-state index >= 15 is 0 Å². The Labute approximate surface area is 194 Å². The number of nitriles is 2. The molecular weight excluding hydrogens is 388 g/mol. The molecule has 32 heavy (non-hydrogen) atoms. The van der Waals surface area contributed by atoms with Crippen LogP contribution in [0.15, 0.2) is 91.0 Å². The highest BCUT2D eigenvalue weighted by molar-refractivity contribution is 5.91. The Morgan fingerprint density at radius 2 is 1.31 bits per heavy atom. The van der Waals surface area contributed by atoms with E-state index in [0.717, 1.165) is 18.4 Å². The highest BCUT2D eigenvalue weighted by Gasteiger charge is 2.33. The van der Waals surface area contributed by atoms with E-state index in [0.29, 0.717) is 6.42 Å². The molecule has 0 saturated heterocycles. The van der Waals surface area contributed by atoms with Crippen LogP contribution in [0.1, 0.15) is 51.5 Å². The van der Waals surface area contributed by atoms with Crippen LogP contribution >= 0.6 is 0 Å². The molecule has 0 N–H and O–H groups in total. The summed E-state index contributed by atoms with van der Waals surface area (Å²) in [5, 5.41) is 19.6. The minimum Gasteiger partial charge on any atom is -0.197 e. The number of allylic oxidation sites excluding steroid dienone is 2. The van der Waals surface area contributed by atoms with Crippen LogP contribution in [0, 0.1) is 40.4 Å². The normalized spacial score (nSPS) is 20.4. The van der Waals surface area contributed by atoms with Gasteiger partial charge in [-0.05, 0) is 58.9 Å². The van der Waals surface area contributed by atoms with E-state index in [-0.39, 0.29) is 18.7 Å². The Balaban J connectivity index is 1.77. The summed E-state index contributed by atoms with van der Waals surface area (Å²) in [5.74, 6) is -2.23. The molecule has 0 amide bonds. The van der Waals surface area contributed by atoms with Crippen molar-refractivity contribution in [3.63, 3.8) is 0 Å². The second-order valence-electron chi connectivity index (χ2n) is 8.45.